The summed E-state index contributed by atoms with van der Waals surface area (Å²) < 4.78 is 0. The van der Waals surface area contributed by atoms with E-state index in [4.69, 9.17) is 5.26 Å². The zero-order valence-electron chi connectivity index (χ0n) is 10.1. The molecule has 0 aliphatic carbocycles. The lowest BCUT2D eigenvalue weighted by atomic mass is 10.1. The number of nitrogens with zero attached hydrogens (tertiary/aromatic N) is 2. The van der Waals surface area contributed by atoms with Gasteiger partial charge in [-0.2, -0.15) is 5.26 Å². The van der Waals surface area contributed by atoms with E-state index in [9.17, 15) is 15.2 Å². The molecule has 0 aliphatic rings. The summed E-state index contributed by atoms with van der Waals surface area (Å²) in [5, 5.41) is 31.8. The Bertz CT molecular complexity index is 468. The maximum absolute atomic E-state index is 10.6. The van der Waals surface area contributed by atoms with Crippen molar-refractivity contribution in [2.24, 2.45) is 0 Å². The summed E-state index contributed by atoms with van der Waals surface area (Å²) in [5.41, 5.74) is 0.470. The Balaban J connectivity index is 2.69. The highest BCUT2D eigenvalue weighted by Gasteiger charge is 2.13. The van der Waals surface area contributed by atoms with Gasteiger partial charge in [0, 0.05) is 18.3 Å². The molecule has 2 N–H and O–H groups in total. The molecule has 0 spiro atoms. The Morgan fingerprint density at radius 2 is 2.33 bits per heavy atom. The third kappa shape index (κ3) is 3.71. The van der Waals surface area contributed by atoms with Crippen LogP contribution in [0.2, 0.25) is 0 Å². The van der Waals surface area contributed by atoms with Crippen LogP contribution in [0.25, 0.3) is 0 Å². The molecule has 0 heterocycles. The zero-order valence-corrected chi connectivity index (χ0v) is 10.1. The maximum Gasteiger partial charge on any atom is 0.287 e. The molecule has 6 heteroatoms. The topological polar surface area (TPSA) is 99.2 Å². The van der Waals surface area contributed by atoms with E-state index in [1.54, 1.807) is 12.1 Å². The minimum absolute atomic E-state index is 0.0287. The fourth-order valence-corrected chi connectivity index (χ4v) is 1.48. The van der Waals surface area contributed by atoms with Crippen LogP contribution in [0.1, 0.15) is 25.3 Å². The lowest BCUT2D eigenvalue weighted by molar-refractivity contribution is -0.385. The van der Waals surface area contributed by atoms with E-state index in [0.29, 0.717) is 25.1 Å². The van der Waals surface area contributed by atoms with Gasteiger partial charge in [0.1, 0.15) is 11.6 Å². The number of anilines is 1. The second kappa shape index (κ2) is 6.57. The number of benzene rings is 1. The quantitative estimate of drug-likeness (QED) is 0.593. The van der Waals surface area contributed by atoms with Crippen molar-refractivity contribution in [3.63, 3.8) is 0 Å². The maximum atomic E-state index is 10.6. The van der Waals surface area contributed by atoms with Gasteiger partial charge in [-0.1, -0.05) is 6.92 Å². The predicted octanol–water partition coefficient (Wildman–Crippen LogP) is 2.04. The molecule has 0 amide bonds. The van der Waals surface area contributed by atoms with E-state index < -0.39 is 4.92 Å². The fourth-order valence-electron chi connectivity index (χ4n) is 1.48. The van der Waals surface area contributed by atoms with E-state index in [1.807, 2.05) is 6.92 Å². The number of aliphatic hydroxyl groups excluding tert-OH is 1. The Morgan fingerprint density at radius 3 is 2.89 bits per heavy atom. The van der Waals surface area contributed by atoms with Crippen LogP contribution in [0.3, 0.4) is 0 Å². The fraction of sp³-hybridized carbons (Fsp3) is 0.417. The molecular weight excluding hydrogens is 234 g/mol. The number of hydrogen-bond acceptors (Lipinski definition) is 5. The molecule has 0 saturated carbocycles. The SMILES string of the molecule is CCC(O)CCNc1ccc([N+](=O)[O-])c(C#N)c1. The summed E-state index contributed by atoms with van der Waals surface area (Å²) in [6.45, 7) is 2.45. The van der Waals surface area contributed by atoms with Gasteiger partial charge in [0.15, 0.2) is 0 Å². The number of nitrogens with one attached hydrogen (secondary N) is 1. The van der Waals surface area contributed by atoms with E-state index in [2.05, 4.69) is 5.32 Å². The van der Waals surface area contributed by atoms with Gasteiger partial charge >= 0.3 is 0 Å². The lowest BCUT2D eigenvalue weighted by Crippen LogP contribution is -2.12. The van der Waals surface area contributed by atoms with Gasteiger partial charge in [-0.05, 0) is 25.0 Å². The third-order valence-corrected chi connectivity index (χ3v) is 2.59. The third-order valence-electron chi connectivity index (χ3n) is 2.59. The van der Waals surface area contributed by atoms with Crippen LogP contribution in [-0.2, 0) is 0 Å². The first-order valence-electron chi connectivity index (χ1n) is 5.69. The second-order valence-corrected chi connectivity index (χ2v) is 3.88. The Labute approximate surface area is 105 Å². The molecule has 0 aromatic heterocycles. The molecule has 1 aromatic carbocycles. The highest BCUT2D eigenvalue weighted by atomic mass is 16.6. The van der Waals surface area contributed by atoms with Crippen LogP contribution in [0.15, 0.2) is 18.2 Å². The van der Waals surface area contributed by atoms with Gasteiger partial charge in [-0.15, -0.1) is 0 Å². The van der Waals surface area contributed by atoms with Gasteiger partial charge < -0.3 is 10.4 Å². The summed E-state index contributed by atoms with van der Waals surface area (Å²) in [7, 11) is 0. The summed E-state index contributed by atoms with van der Waals surface area (Å²) in [6.07, 6.45) is 0.923. The number of nitriles is 1. The van der Waals surface area contributed by atoms with Gasteiger partial charge in [-0.3, -0.25) is 10.1 Å². The number of aliphatic hydroxyl groups is 1. The average Bonchev–Trinajstić information content (AvgIpc) is 2.37. The van der Waals surface area contributed by atoms with Crippen LogP contribution in [-0.4, -0.2) is 22.7 Å². The van der Waals surface area contributed by atoms with Crippen molar-refractivity contribution in [2.75, 3.05) is 11.9 Å². The molecule has 0 fully saturated rings. The zero-order chi connectivity index (χ0) is 13.5. The average molecular weight is 249 g/mol. The Hall–Kier alpha value is -2.13. The molecule has 1 aromatic rings. The summed E-state index contributed by atoms with van der Waals surface area (Å²) in [4.78, 5) is 10.1. The first-order valence-corrected chi connectivity index (χ1v) is 5.69. The number of nitro groups is 1. The van der Waals surface area contributed by atoms with Crippen LogP contribution in [0.4, 0.5) is 11.4 Å². The highest BCUT2D eigenvalue weighted by Crippen LogP contribution is 2.21. The summed E-state index contributed by atoms with van der Waals surface area (Å²) in [5.74, 6) is 0. The minimum atomic E-state index is -0.580. The molecule has 1 unspecified atom stereocenters. The normalized spacial score (nSPS) is 11.6. The molecule has 96 valence electrons. The monoisotopic (exact) mass is 249 g/mol. The van der Waals surface area contributed by atoms with Gasteiger partial charge in [0.2, 0.25) is 0 Å². The van der Waals surface area contributed by atoms with Crippen molar-refractivity contribution >= 4 is 11.4 Å². The van der Waals surface area contributed by atoms with Crippen LogP contribution < -0.4 is 5.32 Å². The Kier molecular flexibility index (Phi) is 5.08. The molecular formula is C12H15N3O3. The largest absolute Gasteiger partial charge is 0.393 e. The van der Waals surface area contributed by atoms with Gasteiger partial charge in [-0.25, -0.2) is 0 Å². The second-order valence-electron chi connectivity index (χ2n) is 3.88. The van der Waals surface area contributed by atoms with Gasteiger partial charge in [0.25, 0.3) is 5.69 Å². The van der Waals surface area contributed by atoms with Crippen molar-refractivity contribution in [1.82, 2.24) is 0 Å². The first-order chi connectivity index (χ1) is 8.58. The summed E-state index contributed by atoms with van der Waals surface area (Å²) in [6, 6.07) is 6.09. The first kappa shape index (κ1) is 13.9. The van der Waals surface area contributed by atoms with E-state index in [0.717, 1.165) is 0 Å². The van der Waals surface area contributed by atoms with Crippen LogP contribution >= 0.6 is 0 Å². The molecule has 1 atom stereocenters. The van der Waals surface area contributed by atoms with E-state index in [-0.39, 0.29) is 17.4 Å². The number of hydrogen-bond donors (Lipinski definition) is 2. The standard InChI is InChI=1S/C12H15N3O3/c1-2-11(16)5-6-14-10-3-4-12(15(17)18)9(7-10)8-13/h3-4,7,11,14,16H,2,5-6H2,1H3. The minimum Gasteiger partial charge on any atom is -0.393 e. The highest BCUT2D eigenvalue weighted by molar-refractivity contribution is 5.58. The molecule has 1 rings (SSSR count). The number of nitro benzene ring substituents is 1. The van der Waals surface area contributed by atoms with Gasteiger partial charge in [0.05, 0.1) is 11.0 Å². The van der Waals surface area contributed by atoms with Crippen molar-refractivity contribution < 1.29 is 10.0 Å². The number of rotatable bonds is 6. The van der Waals surface area contributed by atoms with Crippen molar-refractivity contribution in [2.45, 2.75) is 25.9 Å². The lowest BCUT2D eigenvalue weighted by Gasteiger charge is -2.09. The van der Waals surface area contributed by atoms with E-state index >= 15 is 0 Å². The van der Waals surface area contributed by atoms with Crippen molar-refractivity contribution in [3.8, 4) is 6.07 Å². The summed E-state index contributed by atoms with van der Waals surface area (Å²) >= 11 is 0. The molecule has 6 nitrogen and oxygen atoms in total. The van der Waals surface area contributed by atoms with E-state index in [1.165, 1.54) is 12.1 Å². The Morgan fingerprint density at radius 1 is 1.61 bits per heavy atom. The molecule has 0 bridgehead atoms. The molecule has 0 saturated heterocycles. The van der Waals surface area contributed by atoms with Crippen molar-refractivity contribution in [1.29, 1.82) is 5.26 Å². The molecule has 0 radical (unpaired) electrons. The van der Waals surface area contributed by atoms with Crippen molar-refractivity contribution in [3.05, 3.63) is 33.9 Å². The molecule has 0 aliphatic heterocycles. The smallest absolute Gasteiger partial charge is 0.287 e. The molecule has 18 heavy (non-hydrogen) atoms. The van der Waals surface area contributed by atoms with Crippen LogP contribution in [0, 0.1) is 21.4 Å². The van der Waals surface area contributed by atoms with Crippen LogP contribution in [0.5, 0.6) is 0 Å². The predicted molar refractivity (Wildman–Crippen MR) is 67.2 cm³/mol.